The number of nitrogens with one attached hydrogen (secondary N) is 1. The second-order valence-electron chi connectivity index (χ2n) is 6.80. The number of amides is 1. The number of rotatable bonds is 3. The van der Waals surface area contributed by atoms with Crippen LogP contribution in [0.4, 0.5) is 10.1 Å². The zero-order valence-electron chi connectivity index (χ0n) is 15.5. The molecule has 2 heterocycles. The van der Waals surface area contributed by atoms with Crippen LogP contribution in [-0.2, 0) is 0 Å². The van der Waals surface area contributed by atoms with Crippen molar-refractivity contribution in [2.45, 2.75) is 0 Å². The Kier molecular flexibility index (Phi) is 4.17. The average molecular weight is 399 g/mol. The Morgan fingerprint density at radius 1 is 0.833 bits per heavy atom. The second kappa shape index (κ2) is 7.00. The van der Waals surface area contributed by atoms with Gasteiger partial charge in [0.15, 0.2) is 11.2 Å². The number of benzene rings is 3. The summed E-state index contributed by atoms with van der Waals surface area (Å²) in [7, 11) is 0. The standard InChI is InChI=1S/C24H14FNO4/c25-16-7-5-14(6-8-16)22-13-19(27)18-12-17(9-10-21(18)30-22)26-24(28)23-11-15-3-1-2-4-20(15)29-23/h1-13H,(H,26,28). The summed E-state index contributed by atoms with van der Waals surface area (Å²) in [5.41, 5.74) is 1.75. The number of hydrogen-bond acceptors (Lipinski definition) is 4. The van der Waals surface area contributed by atoms with Crippen LogP contribution in [-0.4, -0.2) is 5.91 Å². The molecule has 6 heteroatoms. The van der Waals surface area contributed by atoms with Gasteiger partial charge in [-0.25, -0.2) is 4.39 Å². The summed E-state index contributed by atoms with van der Waals surface area (Å²) in [6.07, 6.45) is 0. The van der Waals surface area contributed by atoms with Gasteiger partial charge >= 0.3 is 0 Å². The van der Waals surface area contributed by atoms with Gasteiger partial charge in [-0.15, -0.1) is 0 Å². The van der Waals surface area contributed by atoms with Gasteiger partial charge < -0.3 is 14.2 Å². The van der Waals surface area contributed by atoms with Crippen LogP contribution in [0.2, 0.25) is 0 Å². The largest absolute Gasteiger partial charge is 0.456 e. The van der Waals surface area contributed by atoms with Gasteiger partial charge in [-0.3, -0.25) is 9.59 Å². The van der Waals surface area contributed by atoms with E-state index in [2.05, 4.69) is 5.32 Å². The van der Waals surface area contributed by atoms with Gasteiger partial charge in [0.1, 0.15) is 22.7 Å². The number of halogens is 1. The molecule has 5 rings (SSSR count). The van der Waals surface area contributed by atoms with Crippen LogP contribution in [0.25, 0.3) is 33.3 Å². The maximum atomic E-state index is 13.1. The fraction of sp³-hybridized carbons (Fsp3) is 0. The lowest BCUT2D eigenvalue weighted by atomic mass is 10.1. The minimum absolute atomic E-state index is 0.176. The van der Waals surface area contributed by atoms with Gasteiger partial charge in [0.05, 0.1) is 5.39 Å². The van der Waals surface area contributed by atoms with Crippen molar-refractivity contribution in [2.75, 3.05) is 5.32 Å². The van der Waals surface area contributed by atoms with Crippen molar-refractivity contribution < 1.29 is 18.0 Å². The summed E-state index contributed by atoms with van der Waals surface area (Å²) in [4.78, 5) is 25.1. The summed E-state index contributed by atoms with van der Waals surface area (Å²) in [5.74, 6) is -0.272. The Balaban J connectivity index is 1.46. The number of hydrogen-bond donors (Lipinski definition) is 1. The molecule has 0 radical (unpaired) electrons. The van der Waals surface area contributed by atoms with Crippen molar-refractivity contribution >= 4 is 33.5 Å². The molecule has 5 aromatic rings. The van der Waals surface area contributed by atoms with Crippen molar-refractivity contribution in [1.29, 1.82) is 0 Å². The van der Waals surface area contributed by atoms with Crippen molar-refractivity contribution in [3.05, 3.63) is 101 Å². The molecule has 30 heavy (non-hydrogen) atoms. The van der Waals surface area contributed by atoms with Crippen LogP contribution in [0, 0.1) is 5.82 Å². The molecular formula is C24H14FNO4. The molecule has 0 saturated heterocycles. The Bertz CT molecular complexity index is 1430. The van der Waals surface area contributed by atoms with E-state index in [1.165, 1.54) is 18.2 Å². The lowest BCUT2D eigenvalue weighted by molar-refractivity contribution is 0.0998. The van der Waals surface area contributed by atoms with Crippen LogP contribution in [0.3, 0.4) is 0 Å². The molecule has 3 aromatic carbocycles. The van der Waals surface area contributed by atoms with Crippen LogP contribution in [0.1, 0.15) is 10.6 Å². The Morgan fingerprint density at radius 3 is 2.43 bits per heavy atom. The number of fused-ring (bicyclic) bond motifs is 2. The first-order chi connectivity index (χ1) is 14.6. The third kappa shape index (κ3) is 3.24. The van der Waals surface area contributed by atoms with E-state index < -0.39 is 5.91 Å². The molecule has 0 atom stereocenters. The van der Waals surface area contributed by atoms with Gasteiger partial charge in [-0.1, -0.05) is 18.2 Å². The second-order valence-corrected chi connectivity index (χ2v) is 6.80. The van der Waals surface area contributed by atoms with E-state index in [9.17, 15) is 14.0 Å². The fourth-order valence-electron chi connectivity index (χ4n) is 3.28. The zero-order chi connectivity index (χ0) is 20.7. The van der Waals surface area contributed by atoms with Crippen molar-refractivity contribution in [3.63, 3.8) is 0 Å². The quantitative estimate of drug-likeness (QED) is 0.429. The van der Waals surface area contributed by atoms with E-state index in [-0.39, 0.29) is 17.0 Å². The van der Waals surface area contributed by atoms with Crippen LogP contribution < -0.4 is 10.7 Å². The fourth-order valence-corrected chi connectivity index (χ4v) is 3.28. The average Bonchev–Trinajstić information content (AvgIpc) is 3.19. The number of para-hydroxylation sites is 1. The predicted octanol–water partition coefficient (Wildman–Crippen LogP) is 5.60. The highest BCUT2D eigenvalue weighted by Gasteiger charge is 2.14. The van der Waals surface area contributed by atoms with Crippen LogP contribution in [0.15, 0.2) is 92.5 Å². The first-order valence-electron chi connectivity index (χ1n) is 9.21. The Hall–Kier alpha value is -4.19. The van der Waals surface area contributed by atoms with Crippen LogP contribution in [0.5, 0.6) is 0 Å². The lowest BCUT2D eigenvalue weighted by Gasteiger charge is -2.06. The summed E-state index contributed by atoms with van der Waals surface area (Å²) in [6.45, 7) is 0. The monoisotopic (exact) mass is 399 g/mol. The summed E-state index contributed by atoms with van der Waals surface area (Å²) < 4.78 is 24.5. The molecule has 1 amide bonds. The van der Waals surface area contributed by atoms with E-state index >= 15 is 0 Å². The molecule has 5 nitrogen and oxygen atoms in total. The molecule has 0 aliphatic carbocycles. The summed E-state index contributed by atoms with van der Waals surface area (Å²) >= 11 is 0. The van der Waals surface area contributed by atoms with Gasteiger partial charge in [0.2, 0.25) is 0 Å². The highest BCUT2D eigenvalue weighted by Crippen LogP contribution is 2.25. The minimum Gasteiger partial charge on any atom is -0.456 e. The van der Waals surface area contributed by atoms with Gasteiger partial charge in [0.25, 0.3) is 5.91 Å². The summed E-state index contributed by atoms with van der Waals surface area (Å²) in [5, 5.41) is 3.89. The third-order valence-electron chi connectivity index (χ3n) is 4.76. The molecular weight excluding hydrogens is 385 g/mol. The summed E-state index contributed by atoms with van der Waals surface area (Å²) in [6, 6.07) is 20.8. The maximum absolute atomic E-state index is 13.1. The highest BCUT2D eigenvalue weighted by molar-refractivity contribution is 6.05. The highest BCUT2D eigenvalue weighted by atomic mass is 19.1. The Morgan fingerprint density at radius 2 is 1.63 bits per heavy atom. The van der Waals surface area contributed by atoms with Crippen molar-refractivity contribution in [2.24, 2.45) is 0 Å². The maximum Gasteiger partial charge on any atom is 0.291 e. The van der Waals surface area contributed by atoms with E-state index in [0.29, 0.717) is 33.6 Å². The number of carbonyl (C=O) groups is 1. The molecule has 0 bridgehead atoms. The topological polar surface area (TPSA) is 72.5 Å². The molecule has 0 fully saturated rings. The molecule has 1 N–H and O–H groups in total. The molecule has 0 aliphatic heterocycles. The number of anilines is 1. The molecule has 0 aliphatic rings. The smallest absolute Gasteiger partial charge is 0.291 e. The predicted molar refractivity (Wildman–Crippen MR) is 112 cm³/mol. The molecule has 0 unspecified atom stereocenters. The van der Waals surface area contributed by atoms with E-state index in [1.807, 2.05) is 18.2 Å². The Labute approximate surface area is 169 Å². The molecule has 146 valence electrons. The van der Waals surface area contributed by atoms with E-state index in [4.69, 9.17) is 8.83 Å². The number of carbonyl (C=O) groups excluding carboxylic acids is 1. The van der Waals surface area contributed by atoms with E-state index in [1.54, 1.807) is 42.5 Å². The first kappa shape index (κ1) is 17.9. The molecule has 0 spiro atoms. The minimum atomic E-state index is -0.419. The lowest BCUT2D eigenvalue weighted by Crippen LogP contribution is -2.11. The van der Waals surface area contributed by atoms with E-state index in [0.717, 1.165) is 5.39 Å². The van der Waals surface area contributed by atoms with Gasteiger partial charge in [0, 0.05) is 22.7 Å². The van der Waals surface area contributed by atoms with Crippen molar-refractivity contribution in [3.8, 4) is 11.3 Å². The SMILES string of the molecule is O=C(Nc1ccc2oc(-c3ccc(F)cc3)cc(=O)c2c1)c1cc2ccccc2o1. The van der Waals surface area contributed by atoms with Gasteiger partial charge in [-0.05, 0) is 54.6 Å². The van der Waals surface area contributed by atoms with Gasteiger partial charge in [-0.2, -0.15) is 0 Å². The number of furan rings is 1. The van der Waals surface area contributed by atoms with Crippen molar-refractivity contribution in [1.82, 2.24) is 0 Å². The van der Waals surface area contributed by atoms with Crippen LogP contribution >= 0.6 is 0 Å². The molecule has 0 saturated carbocycles. The first-order valence-corrected chi connectivity index (χ1v) is 9.21. The zero-order valence-corrected chi connectivity index (χ0v) is 15.5. The molecule has 2 aromatic heterocycles. The normalized spacial score (nSPS) is 11.1. The third-order valence-corrected chi connectivity index (χ3v) is 4.76.